The van der Waals surface area contributed by atoms with E-state index in [-0.39, 0.29) is 5.91 Å². The van der Waals surface area contributed by atoms with Gasteiger partial charge in [0.1, 0.15) is 5.75 Å². The summed E-state index contributed by atoms with van der Waals surface area (Å²) in [6.07, 6.45) is 0.287. The average molecular weight is 327 g/mol. The zero-order valence-corrected chi connectivity index (χ0v) is 14.0. The first kappa shape index (κ1) is 17.5. The number of hydrogen-bond donors (Lipinski definition) is 1. The number of methoxy groups -OCH3 is 1. The largest absolute Gasteiger partial charge is 0.481 e. The number of ether oxygens (including phenoxy) is 2. The van der Waals surface area contributed by atoms with Crippen LogP contribution in [0.15, 0.2) is 48.5 Å². The highest BCUT2D eigenvalue weighted by Gasteiger charge is 2.15. The van der Waals surface area contributed by atoms with Crippen LogP contribution < -0.4 is 10.1 Å². The predicted octanol–water partition coefficient (Wildman–Crippen LogP) is 3.44. The van der Waals surface area contributed by atoms with E-state index in [4.69, 9.17) is 4.74 Å². The first-order valence-electron chi connectivity index (χ1n) is 7.78. The molecule has 0 saturated carbocycles. The van der Waals surface area contributed by atoms with Crippen LogP contribution in [0.5, 0.6) is 5.75 Å². The molecule has 5 heteroatoms. The van der Waals surface area contributed by atoms with E-state index in [0.717, 1.165) is 12.1 Å². The number of esters is 1. The second kappa shape index (κ2) is 8.15. The molecule has 0 aliphatic rings. The van der Waals surface area contributed by atoms with Gasteiger partial charge < -0.3 is 14.8 Å². The van der Waals surface area contributed by atoms with Crippen LogP contribution in [0.25, 0.3) is 0 Å². The van der Waals surface area contributed by atoms with Crippen LogP contribution in [0.3, 0.4) is 0 Å². The Labute approximate surface area is 141 Å². The minimum Gasteiger partial charge on any atom is -0.481 e. The van der Waals surface area contributed by atoms with Crippen molar-refractivity contribution in [3.8, 4) is 5.75 Å². The maximum absolute atomic E-state index is 12.2. The Bertz CT molecular complexity index is 692. The number of carbonyl (C=O) groups excluding carboxylic acids is 2. The van der Waals surface area contributed by atoms with Gasteiger partial charge in [0.15, 0.2) is 6.10 Å². The molecule has 24 heavy (non-hydrogen) atoms. The molecular formula is C19H21NO4. The van der Waals surface area contributed by atoms with Gasteiger partial charge in [0.25, 0.3) is 5.91 Å². The van der Waals surface area contributed by atoms with Crippen LogP contribution >= 0.6 is 0 Å². The van der Waals surface area contributed by atoms with E-state index >= 15 is 0 Å². The van der Waals surface area contributed by atoms with Gasteiger partial charge >= 0.3 is 5.97 Å². The van der Waals surface area contributed by atoms with Gasteiger partial charge in [-0.15, -0.1) is 0 Å². The van der Waals surface area contributed by atoms with Crippen LogP contribution in [0.4, 0.5) is 5.69 Å². The molecule has 2 aromatic carbocycles. The molecule has 1 atom stereocenters. The number of anilines is 1. The lowest BCUT2D eigenvalue weighted by atomic mass is 10.1. The first-order valence-corrected chi connectivity index (χ1v) is 7.78. The van der Waals surface area contributed by atoms with Crippen molar-refractivity contribution in [3.05, 3.63) is 59.7 Å². The lowest BCUT2D eigenvalue weighted by Gasteiger charge is -2.15. The van der Waals surface area contributed by atoms with Crippen LogP contribution in [0.1, 0.15) is 29.8 Å². The summed E-state index contributed by atoms with van der Waals surface area (Å²) in [4.78, 5) is 23.6. The van der Waals surface area contributed by atoms with Crippen molar-refractivity contribution in [2.75, 3.05) is 12.4 Å². The van der Waals surface area contributed by atoms with E-state index in [2.05, 4.69) is 17.0 Å². The zero-order chi connectivity index (χ0) is 17.5. The third-order valence-corrected chi connectivity index (χ3v) is 3.59. The van der Waals surface area contributed by atoms with Gasteiger partial charge in [0.05, 0.1) is 12.7 Å². The summed E-state index contributed by atoms with van der Waals surface area (Å²) in [5, 5.41) is 2.81. The number of carbonyl (C=O) groups is 2. The van der Waals surface area contributed by atoms with Crippen LogP contribution in [-0.2, 0) is 16.0 Å². The Morgan fingerprint density at radius 1 is 1.04 bits per heavy atom. The minimum absolute atomic E-state index is 0.240. The highest BCUT2D eigenvalue weighted by molar-refractivity contribution is 5.94. The quantitative estimate of drug-likeness (QED) is 0.826. The minimum atomic E-state index is -0.667. The molecule has 0 bridgehead atoms. The molecule has 5 nitrogen and oxygen atoms in total. The normalized spacial score (nSPS) is 11.5. The Hall–Kier alpha value is -2.82. The third-order valence-electron chi connectivity index (χ3n) is 3.59. The van der Waals surface area contributed by atoms with E-state index < -0.39 is 12.1 Å². The predicted molar refractivity (Wildman–Crippen MR) is 92.3 cm³/mol. The van der Waals surface area contributed by atoms with Crippen LogP contribution in [0, 0.1) is 0 Å². The van der Waals surface area contributed by atoms with Crippen molar-refractivity contribution in [3.63, 3.8) is 0 Å². The number of hydrogen-bond acceptors (Lipinski definition) is 4. The van der Waals surface area contributed by atoms with Gasteiger partial charge in [0.2, 0.25) is 0 Å². The van der Waals surface area contributed by atoms with E-state index in [1.807, 2.05) is 24.3 Å². The number of aryl methyl sites for hydroxylation is 1. The average Bonchev–Trinajstić information content (AvgIpc) is 2.62. The summed E-state index contributed by atoms with van der Waals surface area (Å²) in [5.74, 6) is -0.147. The fourth-order valence-electron chi connectivity index (χ4n) is 2.11. The topological polar surface area (TPSA) is 64.6 Å². The Kier molecular flexibility index (Phi) is 5.95. The lowest BCUT2D eigenvalue weighted by molar-refractivity contribution is -0.122. The maximum Gasteiger partial charge on any atom is 0.337 e. The number of benzene rings is 2. The van der Waals surface area contributed by atoms with Crippen molar-refractivity contribution in [1.29, 1.82) is 0 Å². The van der Waals surface area contributed by atoms with Crippen molar-refractivity contribution in [1.82, 2.24) is 0 Å². The fraction of sp³-hybridized carbons (Fsp3) is 0.263. The van der Waals surface area contributed by atoms with Gasteiger partial charge in [-0.3, -0.25) is 4.79 Å². The Morgan fingerprint density at radius 3 is 2.21 bits per heavy atom. The molecule has 0 aliphatic heterocycles. The van der Waals surface area contributed by atoms with E-state index in [1.54, 1.807) is 31.2 Å². The Balaban J connectivity index is 1.94. The highest BCUT2D eigenvalue weighted by Crippen LogP contribution is 2.16. The zero-order valence-electron chi connectivity index (χ0n) is 14.0. The molecule has 2 aromatic rings. The van der Waals surface area contributed by atoms with E-state index in [0.29, 0.717) is 11.3 Å². The fourth-order valence-corrected chi connectivity index (χ4v) is 2.11. The van der Waals surface area contributed by atoms with Gasteiger partial charge in [-0.05, 0) is 55.3 Å². The molecule has 1 amide bonds. The molecule has 0 fully saturated rings. The van der Waals surface area contributed by atoms with Gasteiger partial charge in [-0.25, -0.2) is 4.79 Å². The molecule has 0 aromatic heterocycles. The van der Waals surface area contributed by atoms with Gasteiger partial charge in [-0.2, -0.15) is 0 Å². The van der Waals surface area contributed by atoms with Crippen molar-refractivity contribution in [2.45, 2.75) is 26.4 Å². The first-order chi connectivity index (χ1) is 11.5. The summed E-state index contributed by atoms with van der Waals surface area (Å²) >= 11 is 0. The molecule has 1 N–H and O–H groups in total. The molecule has 0 unspecified atom stereocenters. The van der Waals surface area contributed by atoms with Crippen molar-refractivity contribution in [2.24, 2.45) is 0 Å². The maximum atomic E-state index is 12.2. The summed E-state index contributed by atoms with van der Waals surface area (Å²) in [6.45, 7) is 3.75. The van der Waals surface area contributed by atoms with Crippen LogP contribution in [0.2, 0.25) is 0 Å². The van der Waals surface area contributed by atoms with E-state index in [1.165, 1.54) is 12.7 Å². The monoisotopic (exact) mass is 327 g/mol. The molecule has 0 aliphatic carbocycles. The molecule has 0 heterocycles. The van der Waals surface area contributed by atoms with Crippen LogP contribution in [-0.4, -0.2) is 25.1 Å². The lowest BCUT2D eigenvalue weighted by Crippen LogP contribution is -2.30. The summed E-state index contributed by atoms with van der Waals surface area (Å²) in [5.41, 5.74) is 2.37. The molecule has 2 rings (SSSR count). The van der Waals surface area contributed by atoms with Crippen molar-refractivity contribution < 1.29 is 19.1 Å². The molecule has 0 saturated heterocycles. The SMILES string of the molecule is CCc1ccc(NC(=O)[C@@H](C)Oc2ccc(C(=O)OC)cc2)cc1. The molecular weight excluding hydrogens is 306 g/mol. The highest BCUT2D eigenvalue weighted by atomic mass is 16.5. The Morgan fingerprint density at radius 2 is 1.67 bits per heavy atom. The summed E-state index contributed by atoms with van der Waals surface area (Å²) in [6, 6.07) is 14.1. The second-order valence-corrected chi connectivity index (χ2v) is 5.32. The van der Waals surface area contributed by atoms with Gasteiger partial charge in [0, 0.05) is 5.69 Å². The third kappa shape index (κ3) is 4.59. The number of nitrogens with one attached hydrogen (secondary N) is 1. The smallest absolute Gasteiger partial charge is 0.337 e. The second-order valence-electron chi connectivity index (χ2n) is 5.32. The summed E-state index contributed by atoms with van der Waals surface area (Å²) < 4.78 is 10.2. The van der Waals surface area contributed by atoms with E-state index in [9.17, 15) is 9.59 Å². The number of amides is 1. The molecule has 0 radical (unpaired) electrons. The van der Waals surface area contributed by atoms with Crippen molar-refractivity contribution >= 4 is 17.6 Å². The molecule has 0 spiro atoms. The summed E-state index contributed by atoms with van der Waals surface area (Å²) in [7, 11) is 1.33. The molecule has 126 valence electrons. The number of rotatable bonds is 6. The van der Waals surface area contributed by atoms with Gasteiger partial charge in [-0.1, -0.05) is 19.1 Å². The standard InChI is InChI=1S/C19H21NO4/c1-4-14-5-9-16(10-6-14)20-18(21)13(2)24-17-11-7-15(8-12-17)19(22)23-3/h5-13H,4H2,1-3H3,(H,20,21)/t13-/m1/s1.